The summed E-state index contributed by atoms with van der Waals surface area (Å²) in [7, 11) is 0.205. The summed E-state index contributed by atoms with van der Waals surface area (Å²) in [5, 5.41) is 0.791. The summed E-state index contributed by atoms with van der Waals surface area (Å²) in [6, 6.07) is 3.41. The number of nitrogens with zero attached hydrogens (tertiary/aromatic N) is 2. The molecule has 2 heterocycles. The van der Waals surface area contributed by atoms with Crippen LogP contribution in [0.5, 0.6) is 11.5 Å². The first kappa shape index (κ1) is 24.7. The number of fused-ring (bicyclic) bond motifs is 2. The first-order chi connectivity index (χ1) is 15.2. The van der Waals surface area contributed by atoms with Gasteiger partial charge in [-0.2, -0.15) is 0 Å². The fourth-order valence-electron chi connectivity index (χ4n) is 3.70. The number of amides is 2. The van der Waals surface area contributed by atoms with Crippen LogP contribution in [0.1, 0.15) is 23.2 Å². The maximum atomic E-state index is 13.4. The molecule has 1 atom stereocenters. The number of alkyl halides is 1. The van der Waals surface area contributed by atoms with Gasteiger partial charge in [0.05, 0.1) is 31.5 Å². The molecule has 0 bridgehead atoms. The lowest BCUT2D eigenvalue weighted by Crippen LogP contribution is -2.45. The van der Waals surface area contributed by atoms with E-state index in [1.807, 2.05) is 0 Å². The van der Waals surface area contributed by atoms with Gasteiger partial charge in [-0.05, 0) is 18.5 Å². The van der Waals surface area contributed by atoms with Gasteiger partial charge >= 0.3 is 0 Å². The van der Waals surface area contributed by atoms with Gasteiger partial charge in [0.1, 0.15) is 12.8 Å². The molecule has 2 aliphatic rings. The van der Waals surface area contributed by atoms with Crippen molar-refractivity contribution in [3.8, 4) is 11.5 Å². The van der Waals surface area contributed by atoms with Crippen LogP contribution in [0.2, 0.25) is 25.7 Å². The standard InChI is InChI=1S/C22H31BrN2O6Si/c1-29-19-11-16-17(12-20(19)31-7-5-6-23)25(14-30-8-9-32(2,3)4)22(28)18-10-15(26)13-24(18)21(16)27/h11-12,18H,5-10,13-14H2,1-4H3/t18-/m0/s1. The van der Waals surface area contributed by atoms with Crippen LogP contribution < -0.4 is 14.4 Å². The van der Waals surface area contributed by atoms with Gasteiger partial charge in [0.15, 0.2) is 17.3 Å². The highest BCUT2D eigenvalue weighted by Gasteiger charge is 2.45. The van der Waals surface area contributed by atoms with Crippen molar-refractivity contribution < 1.29 is 28.6 Å². The second-order valence-electron chi connectivity index (χ2n) is 9.22. The summed E-state index contributed by atoms with van der Waals surface area (Å²) in [5.74, 6) is 0.0637. The Morgan fingerprint density at radius 1 is 1.12 bits per heavy atom. The molecule has 176 valence electrons. The fourth-order valence-corrected chi connectivity index (χ4v) is 4.68. The van der Waals surface area contributed by atoms with Crippen molar-refractivity contribution >= 4 is 47.3 Å². The molecule has 0 saturated carbocycles. The first-order valence-electron chi connectivity index (χ1n) is 10.8. The van der Waals surface area contributed by atoms with Crippen molar-refractivity contribution in [1.82, 2.24) is 4.90 Å². The highest BCUT2D eigenvalue weighted by Crippen LogP contribution is 2.39. The maximum Gasteiger partial charge on any atom is 0.257 e. The van der Waals surface area contributed by atoms with Crippen LogP contribution in [-0.4, -0.2) is 75.5 Å². The number of benzene rings is 1. The molecule has 0 N–H and O–H groups in total. The zero-order valence-electron chi connectivity index (χ0n) is 19.1. The number of anilines is 1. The average molecular weight is 527 g/mol. The third-order valence-electron chi connectivity index (χ3n) is 5.51. The Kier molecular flexibility index (Phi) is 8.00. The number of halogens is 1. The molecule has 1 aromatic rings. The van der Waals surface area contributed by atoms with Gasteiger partial charge in [0, 0.05) is 32.5 Å². The van der Waals surface area contributed by atoms with Crippen LogP contribution in [0.25, 0.3) is 0 Å². The van der Waals surface area contributed by atoms with E-state index in [1.54, 1.807) is 12.1 Å². The largest absolute Gasteiger partial charge is 0.493 e. The number of carbonyl (C=O) groups is 3. The molecule has 1 saturated heterocycles. The van der Waals surface area contributed by atoms with Gasteiger partial charge in [0.2, 0.25) is 0 Å². The van der Waals surface area contributed by atoms with E-state index in [0.717, 1.165) is 17.8 Å². The second-order valence-corrected chi connectivity index (χ2v) is 15.6. The van der Waals surface area contributed by atoms with Crippen LogP contribution in [0, 0.1) is 0 Å². The number of carbonyl (C=O) groups excluding carboxylic acids is 3. The monoisotopic (exact) mass is 526 g/mol. The van der Waals surface area contributed by atoms with Crippen LogP contribution in [-0.2, 0) is 14.3 Å². The summed E-state index contributed by atoms with van der Waals surface area (Å²) < 4.78 is 17.2. The Morgan fingerprint density at radius 2 is 1.88 bits per heavy atom. The molecule has 0 unspecified atom stereocenters. The fraction of sp³-hybridized carbons (Fsp3) is 0.591. The predicted molar refractivity (Wildman–Crippen MR) is 128 cm³/mol. The molecule has 0 spiro atoms. The number of hydrogen-bond acceptors (Lipinski definition) is 6. The number of ether oxygens (including phenoxy) is 3. The molecule has 1 aromatic carbocycles. The van der Waals surface area contributed by atoms with E-state index in [9.17, 15) is 14.4 Å². The lowest BCUT2D eigenvalue weighted by Gasteiger charge is -2.26. The van der Waals surface area contributed by atoms with Gasteiger partial charge in [-0.15, -0.1) is 0 Å². The highest BCUT2D eigenvalue weighted by atomic mass is 79.9. The first-order valence-corrected chi connectivity index (χ1v) is 15.6. The topological polar surface area (TPSA) is 85.4 Å². The van der Waals surface area contributed by atoms with E-state index in [2.05, 4.69) is 35.6 Å². The Hall–Kier alpha value is -1.91. The molecule has 2 amide bonds. The third kappa shape index (κ3) is 5.52. The van der Waals surface area contributed by atoms with Gasteiger partial charge in [-0.1, -0.05) is 35.6 Å². The van der Waals surface area contributed by atoms with Gasteiger partial charge in [-0.3, -0.25) is 19.3 Å². The third-order valence-corrected chi connectivity index (χ3v) is 7.78. The van der Waals surface area contributed by atoms with Crippen LogP contribution in [0.3, 0.4) is 0 Å². The summed E-state index contributed by atoms with van der Waals surface area (Å²) >= 11 is 3.38. The smallest absolute Gasteiger partial charge is 0.257 e. The van der Waals surface area contributed by atoms with Gasteiger partial charge in [-0.25, -0.2) is 0 Å². The Balaban J connectivity index is 1.98. The Morgan fingerprint density at radius 3 is 2.53 bits per heavy atom. The molecule has 1 fully saturated rings. The summed E-state index contributed by atoms with van der Waals surface area (Å²) in [6.07, 6.45) is 0.815. The SMILES string of the molecule is COc1cc2c(cc1OCCCBr)N(COCC[Si](C)(C)C)C(=O)[C@@H]1CC(=O)CN1C2=O. The van der Waals surface area contributed by atoms with E-state index in [-0.39, 0.29) is 37.3 Å². The zero-order chi connectivity index (χ0) is 23.5. The normalized spacial score (nSPS) is 18.5. The molecular formula is C22H31BrN2O6Si. The highest BCUT2D eigenvalue weighted by molar-refractivity contribution is 9.09. The molecule has 0 aliphatic carbocycles. The molecule has 10 heteroatoms. The lowest BCUT2D eigenvalue weighted by atomic mass is 10.1. The predicted octanol–water partition coefficient (Wildman–Crippen LogP) is 3.30. The van der Waals surface area contributed by atoms with Gasteiger partial charge < -0.3 is 19.1 Å². The van der Waals surface area contributed by atoms with Crippen LogP contribution in [0.15, 0.2) is 12.1 Å². The minimum absolute atomic E-state index is 0.00922. The number of methoxy groups -OCH3 is 1. The zero-order valence-corrected chi connectivity index (χ0v) is 21.7. The van der Waals surface area contributed by atoms with Gasteiger partial charge in [0.25, 0.3) is 11.8 Å². The van der Waals surface area contributed by atoms with Crippen molar-refractivity contribution in [3.63, 3.8) is 0 Å². The van der Waals surface area contributed by atoms with Crippen molar-refractivity contribution in [2.24, 2.45) is 0 Å². The summed E-state index contributed by atoms with van der Waals surface area (Å²) in [4.78, 5) is 41.7. The molecule has 8 nitrogen and oxygen atoms in total. The quantitative estimate of drug-likeness (QED) is 0.264. The molecule has 3 rings (SSSR count). The summed E-state index contributed by atoms with van der Waals surface area (Å²) in [6.45, 7) is 7.70. The number of rotatable bonds is 10. The second kappa shape index (κ2) is 10.3. The van der Waals surface area contributed by atoms with Crippen LogP contribution >= 0.6 is 15.9 Å². The van der Waals surface area contributed by atoms with E-state index in [1.165, 1.54) is 16.9 Å². The number of ketones is 1. The van der Waals surface area contributed by atoms with Crippen molar-refractivity contribution in [2.75, 3.05) is 43.8 Å². The molecule has 0 radical (unpaired) electrons. The number of Topliss-reactive ketones (excluding diaryl/α,β-unsaturated/α-hetero) is 1. The average Bonchev–Trinajstić information content (AvgIpc) is 3.11. The van der Waals surface area contributed by atoms with Crippen molar-refractivity contribution in [2.45, 2.75) is 44.6 Å². The maximum absolute atomic E-state index is 13.4. The minimum atomic E-state index is -1.30. The lowest BCUT2D eigenvalue weighted by molar-refractivity contribution is -0.124. The Bertz CT molecular complexity index is 888. The Labute approximate surface area is 198 Å². The number of hydrogen-bond donors (Lipinski definition) is 0. The van der Waals surface area contributed by atoms with Crippen molar-refractivity contribution in [3.05, 3.63) is 17.7 Å². The van der Waals surface area contributed by atoms with E-state index in [0.29, 0.717) is 36.0 Å². The summed E-state index contributed by atoms with van der Waals surface area (Å²) in [5.41, 5.74) is 0.721. The van der Waals surface area contributed by atoms with E-state index < -0.39 is 14.1 Å². The van der Waals surface area contributed by atoms with Crippen molar-refractivity contribution in [1.29, 1.82) is 0 Å². The van der Waals surface area contributed by atoms with E-state index >= 15 is 0 Å². The van der Waals surface area contributed by atoms with Crippen LogP contribution in [0.4, 0.5) is 5.69 Å². The molecule has 2 aliphatic heterocycles. The molecular weight excluding hydrogens is 496 g/mol. The van der Waals surface area contributed by atoms with E-state index in [4.69, 9.17) is 14.2 Å². The molecule has 0 aromatic heterocycles. The molecule has 32 heavy (non-hydrogen) atoms. The minimum Gasteiger partial charge on any atom is -0.493 e.